The fraction of sp³-hybridized carbons (Fsp3) is 0.167. The lowest BCUT2D eigenvalue weighted by Crippen LogP contribution is -2.27. The van der Waals surface area contributed by atoms with Crippen LogP contribution in [0.5, 0.6) is 0 Å². The van der Waals surface area contributed by atoms with Gasteiger partial charge in [0.25, 0.3) is 11.8 Å². The second-order valence-electron chi connectivity index (χ2n) is 5.67. The van der Waals surface area contributed by atoms with Crippen LogP contribution in [0, 0.1) is 18.6 Å². The maximum atomic E-state index is 14.0. The smallest absolute Gasteiger partial charge is 0.277 e. The molecule has 0 aliphatic carbocycles. The van der Waals surface area contributed by atoms with Crippen molar-refractivity contribution in [2.75, 3.05) is 11.9 Å². The average molecular weight is 391 g/mol. The highest BCUT2D eigenvalue weighted by molar-refractivity contribution is 7.09. The van der Waals surface area contributed by atoms with E-state index in [1.54, 1.807) is 18.3 Å². The molecule has 2 amide bonds. The third-order valence-electron chi connectivity index (χ3n) is 3.65. The number of hydrogen-bond donors (Lipinski definition) is 2. The Kier molecular flexibility index (Phi) is 5.60. The quantitative estimate of drug-likeness (QED) is 0.673. The Morgan fingerprint density at radius 3 is 2.67 bits per heavy atom. The summed E-state index contributed by atoms with van der Waals surface area (Å²) < 4.78 is 32.8. The Bertz CT molecular complexity index is 970. The Labute approximate surface area is 157 Å². The van der Waals surface area contributed by atoms with Gasteiger partial charge in [0.05, 0.1) is 11.3 Å². The molecule has 0 atom stereocenters. The SMILES string of the molecule is Cc1cc(C(=O)Nc2cc(C(=O)NCCc3cccs3)c(F)cc2F)no1. The van der Waals surface area contributed by atoms with Gasteiger partial charge in [-0.05, 0) is 30.9 Å². The first-order valence-corrected chi connectivity index (χ1v) is 8.86. The Hall–Kier alpha value is -3.07. The summed E-state index contributed by atoms with van der Waals surface area (Å²) in [6, 6.07) is 6.70. The molecule has 3 rings (SSSR count). The minimum absolute atomic E-state index is 0.0572. The third kappa shape index (κ3) is 4.56. The first-order chi connectivity index (χ1) is 12.9. The van der Waals surface area contributed by atoms with Crippen LogP contribution in [-0.2, 0) is 6.42 Å². The van der Waals surface area contributed by atoms with Crippen LogP contribution in [0.2, 0.25) is 0 Å². The molecule has 0 aliphatic rings. The fourth-order valence-electron chi connectivity index (χ4n) is 2.33. The Balaban J connectivity index is 1.70. The van der Waals surface area contributed by atoms with Gasteiger partial charge in [-0.2, -0.15) is 0 Å². The van der Waals surface area contributed by atoms with E-state index in [9.17, 15) is 18.4 Å². The molecular weight excluding hydrogens is 376 g/mol. The molecule has 0 radical (unpaired) electrons. The van der Waals surface area contributed by atoms with Gasteiger partial charge >= 0.3 is 0 Å². The maximum absolute atomic E-state index is 14.0. The number of nitrogens with zero attached hydrogens (tertiary/aromatic N) is 1. The van der Waals surface area contributed by atoms with Gasteiger partial charge in [-0.15, -0.1) is 11.3 Å². The van der Waals surface area contributed by atoms with Crippen LogP contribution < -0.4 is 10.6 Å². The molecule has 2 aromatic heterocycles. The maximum Gasteiger partial charge on any atom is 0.277 e. The van der Waals surface area contributed by atoms with Crippen molar-refractivity contribution in [3.8, 4) is 0 Å². The molecule has 27 heavy (non-hydrogen) atoms. The molecule has 0 fully saturated rings. The van der Waals surface area contributed by atoms with E-state index in [-0.39, 0.29) is 16.9 Å². The third-order valence-corrected chi connectivity index (χ3v) is 4.58. The topological polar surface area (TPSA) is 84.2 Å². The number of carbonyl (C=O) groups excluding carboxylic acids is 2. The predicted octanol–water partition coefficient (Wildman–Crippen LogP) is 3.55. The van der Waals surface area contributed by atoms with Crippen LogP contribution in [0.25, 0.3) is 0 Å². The van der Waals surface area contributed by atoms with E-state index in [0.717, 1.165) is 10.9 Å². The number of carbonyl (C=O) groups is 2. The molecular formula is C18H15F2N3O3S. The molecule has 2 heterocycles. The number of anilines is 1. The summed E-state index contributed by atoms with van der Waals surface area (Å²) in [5.41, 5.74) is -0.752. The summed E-state index contributed by atoms with van der Waals surface area (Å²) in [4.78, 5) is 25.3. The van der Waals surface area contributed by atoms with E-state index in [2.05, 4.69) is 15.8 Å². The molecule has 140 valence electrons. The van der Waals surface area contributed by atoms with E-state index in [4.69, 9.17) is 4.52 Å². The van der Waals surface area contributed by atoms with Gasteiger partial charge in [-0.1, -0.05) is 11.2 Å². The van der Waals surface area contributed by atoms with Crippen LogP contribution in [0.3, 0.4) is 0 Å². The number of thiophene rings is 1. The van der Waals surface area contributed by atoms with Gasteiger partial charge in [-0.25, -0.2) is 8.78 Å². The molecule has 2 N–H and O–H groups in total. The molecule has 0 bridgehead atoms. The molecule has 1 aromatic carbocycles. The molecule has 0 saturated heterocycles. The number of nitrogens with one attached hydrogen (secondary N) is 2. The summed E-state index contributed by atoms with van der Waals surface area (Å²) >= 11 is 1.55. The fourth-order valence-corrected chi connectivity index (χ4v) is 3.04. The second-order valence-corrected chi connectivity index (χ2v) is 6.71. The van der Waals surface area contributed by atoms with Crippen molar-refractivity contribution in [3.63, 3.8) is 0 Å². The van der Waals surface area contributed by atoms with Crippen LogP contribution in [0.1, 0.15) is 31.5 Å². The zero-order chi connectivity index (χ0) is 19.4. The molecule has 0 spiro atoms. The zero-order valence-corrected chi connectivity index (χ0v) is 15.0. The number of halogens is 2. The molecule has 0 aliphatic heterocycles. The summed E-state index contributed by atoms with van der Waals surface area (Å²) in [5.74, 6) is -3.05. The van der Waals surface area contributed by atoms with Crippen LogP contribution in [0.15, 0.2) is 40.2 Å². The lowest BCUT2D eigenvalue weighted by atomic mass is 10.1. The van der Waals surface area contributed by atoms with E-state index in [1.807, 2.05) is 17.5 Å². The van der Waals surface area contributed by atoms with Gasteiger partial charge < -0.3 is 15.2 Å². The van der Waals surface area contributed by atoms with E-state index in [0.29, 0.717) is 24.8 Å². The summed E-state index contributed by atoms with van der Waals surface area (Å²) in [6.45, 7) is 1.90. The number of benzene rings is 1. The number of aromatic nitrogens is 1. The van der Waals surface area contributed by atoms with E-state index in [1.165, 1.54) is 6.07 Å². The number of hydrogen-bond acceptors (Lipinski definition) is 5. The standard InChI is InChI=1S/C18H15F2N3O3S/c1-10-7-16(23-26-10)18(25)22-15-8-12(13(19)9-14(15)20)17(24)21-5-4-11-3-2-6-27-11/h2-3,6-9H,4-5H2,1H3,(H,21,24)(H,22,25). The molecule has 9 heteroatoms. The van der Waals surface area contributed by atoms with Gasteiger partial charge in [0.2, 0.25) is 0 Å². The number of amides is 2. The number of rotatable bonds is 6. The van der Waals surface area contributed by atoms with E-state index < -0.39 is 23.4 Å². The van der Waals surface area contributed by atoms with Gasteiger partial charge in [0, 0.05) is 23.6 Å². The summed E-state index contributed by atoms with van der Waals surface area (Å²) in [5, 5.41) is 10.3. The van der Waals surface area contributed by atoms with Crippen LogP contribution >= 0.6 is 11.3 Å². The first-order valence-electron chi connectivity index (χ1n) is 7.98. The van der Waals surface area contributed by atoms with Gasteiger partial charge in [0.15, 0.2) is 5.69 Å². The van der Waals surface area contributed by atoms with Crippen molar-refractivity contribution in [3.05, 3.63) is 69.2 Å². The van der Waals surface area contributed by atoms with Gasteiger partial charge in [-0.3, -0.25) is 9.59 Å². The second kappa shape index (κ2) is 8.09. The minimum Gasteiger partial charge on any atom is -0.361 e. The van der Waals surface area contributed by atoms with Crippen molar-refractivity contribution < 1.29 is 22.9 Å². The average Bonchev–Trinajstić information content (AvgIpc) is 3.28. The highest BCUT2D eigenvalue weighted by atomic mass is 32.1. The van der Waals surface area contributed by atoms with E-state index >= 15 is 0 Å². The van der Waals surface area contributed by atoms with Crippen molar-refractivity contribution in [2.45, 2.75) is 13.3 Å². The summed E-state index contributed by atoms with van der Waals surface area (Å²) in [6.07, 6.45) is 0.599. The molecule has 3 aromatic rings. The highest BCUT2D eigenvalue weighted by Gasteiger charge is 2.19. The highest BCUT2D eigenvalue weighted by Crippen LogP contribution is 2.20. The predicted molar refractivity (Wildman–Crippen MR) is 95.9 cm³/mol. The monoisotopic (exact) mass is 391 g/mol. The van der Waals surface area contributed by atoms with Crippen LogP contribution in [0.4, 0.5) is 14.5 Å². The van der Waals surface area contributed by atoms with Crippen LogP contribution in [-0.4, -0.2) is 23.5 Å². The lowest BCUT2D eigenvalue weighted by molar-refractivity contribution is 0.0948. The lowest BCUT2D eigenvalue weighted by Gasteiger charge is -2.10. The molecule has 0 unspecified atom stereocenters. The van der Waals surface area contributed by atoms with Crippen molar-refractivity contribution in [1.29, 1.82) is 0 Å². The van der Waals surface area contributed by atoms with Crippen molar-refractivity contribution >= 4 is 28.8 Å². The zero-order valence-electron chi connectivity index (χ0n) is 14.2. The van der Waals surface area contributed by atoms with Crippen molar-refractivity contribution in [1.82, 2.24) is 10.5 Å². The molecule has 6 nitrogen and oxygen atoms in total. The minimum atomic E-state index is -1.02. The first kappa shape index (κ1) is 18.7. The Morgan fingerprint density at radius 2 is 2.00 bits per heavy atom. The van der Waals surface area contributed by atoms with Gasteiger partial charge in [0.1, 0.15) is 17.4 Å². The normalized spacial score (nSPS) is 10.6. The Morgan fingerprint density at radius 1 is 1.19 bits per heavy atom. The molecule has 0 saturated carbocycles. The summed E-state index contributed by atoms with van der Waals surface area (Å²) in [7, 11) is 0. The van der Waals surface area contributed by atoms with Crippen molar-refractivity contribution in [2.24, 2.45) is 0 Å². The largest absolute Gasteiger partial charge is 0.361 e. The number of aryl methyl sites for hydroxylation is 1.